The van der Waals surface area contributed by atoms with Gasteiger partial charge >= 0.3 is 0 Å². The molecule has 0 unspecified atom stereocenters. The summed E-state index contributed by atoms with van der Waals surface area (Å²) >= 11 is 3.28. The molecular formula is C15H16BrN3O2. The molecule has 21 heavy (non-hydrogen) atoms. The summed E-state index contributed by atoms with van der Waals surface area (Å²) < 4.78 is 6.22. The van der Waals surface area contributed by atoms with Gasteiger partial charge in [0, 0.05) is 0 Å². The molecule has 2 aromatic rings. The van der Waals surface area contributed by atoms with Crippen molar-refractivity contribution in [2.45, 2.75) is 13.3 Å². The number of rotatable bonds is 5. The fourth-order valence-corrected chi connectivity index (χ4v) is 2.14. The highest BCUT2D eigenvalue weighted by Gasteiger charge is 2.07. The second-order valence-electron chi connectivity index (χ2n) is 4.45. The van der Waals surface area contributed by atoms with Crippen LogP contribution in [0.2, 0.25) is 0 Å². The SMILES string of the molecule is Cc1nc(Br)ccc1NC(=O)CCOc1ccccc1N. The van der Waals surface area contributed by atoms with E-state index >= 15 is 0 Å². The zero-order valence-corrected chi connectivity index (χ0v) is 13.2. The van der Waals surface area contributed by atoms with E-state index in [9.17, 15) is 4.79 Å². The van der Waals surface area contributed by atoms with Gasteiger partial charge in [-0.25, -0.2) is 4.98 Å². The van der Waals surface area contributed by atoms with Crippen molar-refractivity contribution in [1.29, 1.82) is 0 Å². The third kappa shape index (κ3) is 4.46. The maximum Gasteiger partial charge on any atom is 0.227 e. The Morgan fingerprint density at radius 3 is 2.81 bits per heavy atom. The van der Waals surface area contributed by atoms with Crippen LogP contribution in [0, 0.1) is 6.92 Å². The van der Waals surface area contributed by atoms with Crippen LogP contribution >= 0.6 is 15.9 Å². The number of ether oxygens (including phenoxy) is 1. The van der Waals surface area contributed by atoms with Gasteiger partial charge in [-0.2, -0.15) is 0 Å². The van der Waals surface area contributed by atoms with Gasteiger partial charge in [0.15, 0.2) is 0 Å². The standard InChI is InChI=1S/C15H16BrN3O2/c1-10-12(6-7-14(16)18-10)19-15(20)8-9-21-13-5-3-2-4-11(13)17/h2-7H,8-9,17H2,1H3,(H,19,20). The van der Waals surface area contributed by atoms with Crippen molar-refractivity contribution in [2.75, 3.05) is 17.7 Å². The van der Waals surface area contributed by atoms with E-state index in [0.29, 0.717) is 17.1 Å². The number of aryl methyl sites for hydroxylation is 1. The van der Waals surface area contributed by atoms with Crippen molar-refractivity contribution >= 4 is 33.2 Å². The van der Waals surface area contributed by atoms with E-state index < -0.39 is 0 Å². The van der Waals surface area contributed by atoms with Crippen LogP contribution in [0.25, 0.3) is 0 Å². The largest absolute Gasteiger partial charge is 0.491 e. The number of hydrogen-bond acceptors (Lipinski definition) is 4. The number of nitrogens with two attached hydrogens (primary N) is 1. The molecule has 0 bridgehead atoms. The number of hydrogen-bond donors (Lipinski definition) is 2. The van der Waals surface area contributed by atoms with Crippen LogP contribution in [0.15, 0.2) is 41.0 Å². The number of nitrogen functional groups attached to an aromatic ring is 1. The molecule has 0 saturated carbocycles. The highest BCUT2D eigenvalue weighted by atomic mass is 79.9. The highest BCUT2D eigenvalue weighted by molar-refractivity contribution is 9.10. The van der Waals surface area contributed by atoms with Crippen LogP contribution in [0.3, 0.4) is 0 Å². The third-order valence-corrected chi connectivity index (χ3v) is 3.27. The number of pyridine rings is 1. The first kappa shape index (κ1) is 15.3. The average Bonchev–Trinajstić information content (AvgIpc) is 2.44. The van der Waals surface area contributed by atoms with E-state index in [1.165, 1.54) is 0 Å². The zero-order chi connectivity index (χ0) is 15.2. The maximum absolute atomic E-state index is 11.9. The molecule has 0 aliphatic carbocycles. The lowest BCUT2D eigenvalue weighted by Crippen LogP contribution is -2.16. The molecule has 2 rings (SSSR count). The maximum atomic E-state index is 11.9. The van der Waals surface area contributed by atoms with Crippen LogP contribution in [-0.2, 0) is 4.79 Å². The van der Waals surface area contributed by atoms with Gasteiger partial charge in [-0.1, -0.05) is 12.1 Å². The van der Waals surface area contributed by atoms with Crippen LogP contribution in [0.5, 0.6) is 5.75 Å². The Bertz CT molecular complexity index is 647. The predicted octanol–water partition coefficient (Wildman–Crippen LogP) is 3.14. The van der Waals surface area contributed by atoms with E-state index in [-0.39, 0.29) is 18.9 Å². The molecule has 0 aliphatic heterocycles. The van der Waals surface area contributed by atoms with E-state index in [2.05, 4.69) is 26.2 Å². The van der Waals surface area contributed by atoms with Crippen LogP contribution in [-0.4, -0.2) is 17.5 Å². The Hall–Kier alpha value is -2.08. The first-order valence-corrected chi connectivity index (χ1v) is 7.26. The summed E-state index contributed by atoms with van der Waals surface area (Å²) in [4.78, 5) is 16.1. The third-order valence-electron chi connectivity index (χ3n) is 2.83. The van der Waals surface area contributed by atoms with Crippen molar-refractivity contribution in [1.82, 2.24) is 4.98 Å². The Morgan fingerprint density at radius 2 is 2.10 bits per heavy atom. The van der Waals surface area contributed by atoms with Crippen molar-refractivity contribution in [3.8, 4) is 5.75 Å². The Morgan fingerprint density at radius 1 is 1.33 bits per heavy atom. The summed E-state index contributed by atoms with van der Waals surface area (Å²) in [6.07, 6.45) is 0.240. The Balaban J connectivity index is 1.84. The van der Waals surface area contributed by atoms with Crippen LogP contribution in [0.1, 0.15) is 12.1 Å². The number of carbonyl (C=O) groups excluding carboxylic acids is 1. The molecule has 1 heterocycles. The van der Waals surface area contributed by atoms with E-state index in [1.54, 1.807) is 24.3 Å². The van der Waals surface area contributed by atoms with Gasteiger partial charge in [-0.15, -0.1) is 0 Å². The van der Waals surface area contributed by atoms with Crippen molar-refractivity contribution in [3.63, 3.8) is 0 Å². The molecule has 0 saturated heterocycles. The van der Waals surface area contributed by atoms with Gasteiger partial charge in [0.2, 0.25) is 5.91 Å². The monoisotopic (exact) mass is 349 g/mol. The zero-order valence-electron chi connectivity index (χ0n) is 11.6. The van der Waals surface area contributed by atoms with Gasteiger partial charge < -0.3 is 15.8 Å². The van der Waals surface area contributed by atoms with Crippen LogP contribution < -0.4 is 15.8 Å². The number of aromatic nitrogens is 1. The number of nitrogens with one attached hydrogen (secondary N) is 1. The van der Waals surface area contributed by atoms with Gasteiger partial charge in [0.1, 0.15) is 10.4 Å². The second-order valence-corrected chi connectivity index (χ2v) is 5.26. The molecule has 0 aliphatic rings. The molecule has 110 valence electrons. The van der Waals surface area contributed by atoms with Crippen molar-refractivity contribution in [2.24, 2.45) is 0 Å². The summed E-state index contributed by atoms with van der Waals surface area (Å²) in [5.41, 5.74) is 7.77. The predicted molar refractivity (Wildman–Crippen MR) is 86.3 cm³/mol. The summed E-state index contributed by atoms with van der Waals surface area (Å²) in [5, 5.41) is 2.80. The lowest BCUT2D eigenvalue weighted by molar-refractivity contribution is -0.116. The normalized spacial score (nSPS) is 10.2. The number of carbonyl (C=O) groups is 1. The molecule has 5 nitrogen and oxygen atoms in total. The molecule has 1 aromatic heterocycles. The smallest absolute Gasteiger partial charge is 0.227 e. The number of para-hydroxylation sites is 2. The highest BCUT2D eigenvalue weighted by Crippen LogP contribution is 2.20. The fraction of sp³-hybridized carbons (Fsp3) is 0.200. The molecular weight excluding hydrogens is 334 g/mol. The van der Waals surface area contributed by atoms with Gasteiger partial charge in [0.05, 0.1) is 30.1 Å². The topological polar surface area (TPSA) is 77.2 Å². The minimum atomic E-state index is -0.128. The van der Waals surface area contributed by atoms with Gasteiger partial charge in [-0.05, 0) is 47.1 Å². The molecule has 0 fully saturated rings. The second kappa shape index (κ2) is 7.08. The van der Waals surface area contributed by atoms with E-state index in [1.807, 2.05) is 19.1 Å². The van der Waals surface area contributed by atoms with E-state index in [4.69, 9.17) is 10.5 Å². The van der Waals surface area contributed by atoms with E-state index in [0.717, 1.165) is 10.3 Å². The average molecular weight is 350 g/mol. The van der Waals surface area contributed by atoms with Crippen LogP contribution in [0.4, 0.5) is 11.4 Å². The summed E-state index contributed by atoms with van der Waals surface area (Å²) in [6.45, 7) is 2.10. The molecule has 6 heteroatoms. The quantitative estimate of drug-likeness (QED) is 0.642. The number of nitrogens with zero attached hydrogens (tertiary/aromatic N) is 1. The lowest BCUT2D eigenvalue weighted by atomic mass is 10.3. The molecule has 0 radical (unpaired) electrons. The Kier molecular flexibility index (Phi) is 5.16. The van der Waals surface area contributed by atoms with Gasteiger partial charge in [-0.3, -0.25) is 4.79 Å². The minimum absolute atomic E-state index is 0.128. The summed E-state index contributed by atoms with van der Waals surface area (Å²) in [7, 11) is 0. The first-order valence-electron chi connectivity index (χ1n) is 6.46. The first-order chi connectivity index (χ1) is 10.1. The molecule has 1 amide bonds. The number of benzene rings is 1. The molecule has 3 N–H and O–H groups in total. The summed E-state index contributed by atoms with van der Waals surface area (Å²) in [6, 6.07) is 10.8. The van der Waals surface area contributed by atoms with Crippen molar-refractivity contribution in [3.05, 3.63) is 46.7 Å². The fourth-order valence-electron chi connectivity index (χ4n) is 1.74. The summed E-state index contributed by atoms with van der Waals surface area (Å²) in [5.74, 6) is 0.462. The van der Waals surface area contributed by atoms with Gasteiger partial charge in [0.25, 0.3) is 0 Å². The molecule has 0 atom stereocenters. The lowest BCUT2D eigenvalue weighted by Gasteiger charge is -2.10. The van der Waals surface area contributed by atoms with Crippen molar-refractivity contribution < 1.29 is 9.53 Å². The molecule has 1 aromatic carbocycles. The molecule has 0 spiro atoms. The number of anilines is 2. The minimum Gasteiger partial charge on any atom is -0.491 e. The number of amides is 1. The number of halogens is 1. The Labute approximate surface area is 131 Å².